The molecule has 1 fully saturated rings. The number of hydrogen-bond acceptors (Lipinski definition) is 2. The molecule has 92 valence electrons. The van der Waals surface area contributed by atoms with Crippen LogP contribution in [0.4, 0.5) is 4.39 Å². The molecule has 0 unspecified atom stereocenters. The van der Waals surface area contributed by atoms with Crippen molar-refractivity contribution in [1.29, 1.82) is 0 Å². The van der Waals surface area contributed by atoms with Crippen LogP contribution in [-0.2, 0) is 0 Å². The lowest BCUT2D eigenvalue weighted by Gasteiger charge is -2.37. The van der Waals surface area contributed by atoms with Crippen LogP contribution in [0.25, 0.3) is 0 Å². The maximum absolute atomic E-state index is 13.2. The number of hydrogen-bond donors (Lipinski definition) is 1. The van der Waals surface area contributed by atoms with Crippen LogP contribution in [0.2, 0.25) is 0 Å². The van der Waals surface area contributed by atoms with Crippen molar-refractivity contribution >= 4 is 21.8 Å². The average Bonchev–Trinajstić information content (AvgIpc) is 2.20. The number of nitrogens with zero attached hydrogens (tertiary/aromatic N) is 1. The highest BCUT2D eigenvalue weighted by Crippen LogP contribution is 2.18. The number of halogens is 2. The van der Waals surface area contributed by atoms with Crippen LogP contribution in [-0.4, -0.2) is 36.5 Å². The van der Waals surface area contributed by atoms with E-state index in [0.717, 1.165) is 13.1 Å². The van der Waals surface area contributed by atoms with E-state index in [1.54, 1.807) is 11.0 Å². The molecule has 0 spiro atoms. The highest BCUT2D eigenvalue weighted by Gasteiger charge is 2.28. The van der Waals surface area contributed by atoms with E-state index >= 15 is 0 Å². The molecule has 0 radical (unpaired) electrons. The summed E-state index contributed by atoms with van der Waals surface area (Å²) in [5.41, 5.74) is 0.394. The number of carbonyl (C=O) groups is 1. The van der Waals surface area contributed by atoms with E-state index in [1.807, 2.05) is 6.92 Å². The fourth-order valence-electron chi connectivity index (χ4n) is 1.90. The first-order chi connectivity index (χ1) is 8.11. The average molecular weight is 301 g/mol. The second-order valence-corrected chi connectivity index (χ2v) is 4.98. The summed E-state index contributed by atoms with van der Waals surface area (Å²) in [5, 5.41) is 3.13. The van der Waals surface area contributed by atoms with Gasteiger partial charge in [-0.1, -0.05) is 15.9 Å². The molecule has 0 aliphatic carbocycles. The Morgan fingerprint density at radius 3 is 2.71 bits per heavy atom. The summed E-state index contributed by atoms with van der Waals surface area (Å²) in [7, 11) is 0. The lowest BCUT2D eigenvalue weighted by Crippen LogP contribution is -2.58. The third kappa shape index (κ3) is 2.66. The van der Waals surface area contributed by atoms with Gasteiger partial charge in [0.05, 0.1) is 6.04 Å². The van der Waals surface area contributed by atoms with Crippen molar-refractivity contribution in [2.24, 2.45) is 0 Å². The molecular weight excluding hydrogens is 287 g/mol. The van der Waals surface area contributed by atoms with E-state index in [4.69, 9.17) is 0 Å². The van der Waals surface area contributed by atoms with Gasteiger partial charge in [-0.05, 0) is 25.1 Å². The number of rotatable bonds is 3. The van der Waals surface area contributed by atoms with E-state index in [-0.39, 0.29) is 11.9 Å². The molecule has 1 heterocycles. The van der Waals surface area contributed by atoms with E-state index in [1.165, 1.54) is 12.1 Å². The molecule has 1 amide bonds. The summed E-state index contributed by atoms with van der Waals surface area (Å²) in [5.74, 6) is -0.510. The van der Waals surface area contributed by atoms with Crippen LogP contribution >= 0.6 is 15.9 Å². The number of amides is 1. The molecule has 1 aromatic carbocycles. The summed E-state index contributed by atoms with van der Waals surface area (Å²) in [6, 6.07) is 4.51. The zero-order chi connectivity index (χ0) is 12.4. The number of likely N-dealkylation sites (N-methyl/N-ethyl adjacent to an activating group) is 1. The van der Waals surface area contributed by atoms with E-state index in [2.05, 4.69) is 21.2 Å². The van der Waals surface area contributed by atoms with Gasteiger partial charge in [0.1, 0.15) is 5.82 Å². The normalized spacial score (nSPS) is 15.5. The number of nitrogens with one attached hydrogen (secondary N) is 1. The zero-order valence-corrected chi connectivity index (χ0v) is 11.1. The molecule has 1 aromatic rings. The Balaban J connectivity index is 2.22. The molecule has 1 aliphatic heterocycles. The van der Waals surface area contributed by atoms with Crippen molar-refractivity contribution in [1.82, 2.24) is 10.2 Å². The molecule has 0 atom stereocenters. The van der Waals surface area contributed by atoms with Crippen molar-refractivity contribution in [3.63, 3.8) is 0 Å². The Bertz CT molecular complexity index is 414. The first kappa shape index (κ1) is 12.5. The molecule has 2 rings (SSSR count). The second-order valence-electron chi connectivity index (χ2n) is 4.06. The largest absolute Gasteiger partial charge is 0.333 e. The number of carbonyl (C=O) groups excluding carboxylic acids is 1. The van der Waals surface area contributed by atoms with Gasteiger partial charge in [0.15, 0.2) is 0 Å². The van der Waals surface area contributed by atoms with Crippen LogP contribution in [0, 0.1) is 5.82 Å². The molecule has 17 heavy (non-hydrogen) atoms. The zero-order valence-electron chi connectivity index (χ0n) is 9.54. The van der Waals surface area contributed by atoms with Gasteiger partial charge in [0.25, 0.3) is 5.91 Å². The lowest BCUT2D eigenvalue weighted by molar-refractivity contribution is 0.0629. The molecule has 0 saturated carbocycles. The summed E-state index contributed by atoms with van der Waals surface area (Å²) in [4.78, 5) is 14.0. The highest BCUT2D eigenvalue weighted by molar-refractivity contribution is 9.10. The summed E-state index contributed by atoms with van der Waals surface area (Å²) < 4.78 is 13.8. The van der Waals surface area contributed by atoms with Crippen LogP contribution in [0.5, 0.6) is 0 Å². The Labute approximate surface area is 108 Å². The van der Waals surface area contributed by atoms with Gasteiger partial charge in [-0.25, -0.2) is 4.39 Å². The monoisotopic (exact) mass is 300 g/mol. The van der Waals surface area contributed by atoms with Gasteiger partial charge in [0.2, 0.25) is 0 Å². The molecule has 1 N–H and O–H groups in total. The molecule has 1 aliphatic rings. The van der Waals surface area contributed by atoms with Crippen molar-refractivity contribution in [2.75, 3.05) is 19.6 Å². The maximum Gasteiger partial charge on any atom is 0.254 e. The summed E-state index contributed by atoms with van der Waals surface area (Å²) >= 11 is 3.20. The van der Waals surface area contributed by atoms with Gasteiger partial charge in [-0.2, -0.15) is 0 Å². The smallest absolute Gasteiger partial charge is 0.254 e. The van der Waals surface area contributed by atoms with E-state index < -0.39 is 5.82 Å². The maximum atomic E-state index is 13.2. The minimum absolute atomic E-state index is 0.112. The van der Waals surface area contributed by atoms with E-state index in [9.17, 15) is 9.18 Å². The van der Waals surface area contributed by atoms with Crippen molar-refractivity contribution < 1.29 is 9.18 Å². The molecule has 3 nitrogen and oxygen atoms in total. The summed E-state index contributed by atoms with van der Waals surface area (Å²) in [6.07, 6.45) is 0. The fourth-order valence-corrected chi connectivity index (χ4v) is 2.37. The first-order valence-corrected chi connectivity index (χ1v) is 6.39. The Morgan fingerprint density at radius 1 is 1.53 bits per heavy atom. The highest BCUT2D eigenvalue weighted by atomic mass is 79.9. The minimum atomic E-state index is -0.398. The molecular formula is C12H14BrFN2O. The fraction of sp³-hybridized carbons (Fsp3) is 0.417. The predicted octanol–water partition coefficient (Wildman–Crippen LogP) is 2.02. The van der Waals surface area contributed by atoms with E-state index in [0.29, 0.717) is 16.6 Å². The third-order valence-corrected chi connectivity index (χ3v) is 3.37. The van der Waals surface area contributed by atoms with Crippen LogP contribution in [0.15, 0.2) is 22.7 Å². The second kappa shape index (κ2) is 5.14. The van der Waals surface area contributed by atoms with Gasteiger partial charge in [-0.3, -0.25) is 4.79 Å². The topological polar surface area (TPSA) is 32.3 Å². The first-order valence-electron chi connectivity index (χ1n) is 5.59. The molecule has 5 heteroatoms. The van der Waals surface area contributed by atoms with Gasteiger partial charge >= 0.3 is 0 Å². The minimum Gasteiger partial charge on any atom is -0.333 e. The van der Waals surface area contributed by atoms with Crippen molar-refractivity contribution in [2.45, 2.75) is 13.0 Å². The molecule has 0 aromatic heterocycles. The SMILES string of the molecule is CCN(C(=O)c1cc(F)cc(Br)c1)C1CNC1. The van der Waals surface area contributed by atoms with Crippen LogP contribution in [0.3, 0.4) is 0 Å². The molecule has 1 saturated heterocycles. The van der Waals surface area contributed by atoms with Crippen LogP contribution in [0.1, 0.15) is 17.3 Å². The summed E-state index contributed by atoms with van der Waals surface area (Å²) in [6.45, 7) is 4.20. The Morgan fingerprint density at radius 2 is 2.24 bits per heavy atom. The van der Waals surface area contributed by atoms with Gasteiger partial charge < -0.3 is 10.2 Å². The van der Waals surface area contributed by atoms with Gasteiger partial charge in [-0.15, -0.1) is 0 Å². The Hall–Kier alpha value is -0.940. The lowest BCUT2D eigenvalue weighted by atomic mass is 10.1. The molecule has 0 bridgehead atoms. The third-order valence-electron chi connectivity index (χ3n) is 2.91. The quantitative estimate of drug-likeness (QED) is 0.926. The van der Waals surface area contributed by atoms with Crippen LogP contribution < -0.4 is 5.32 Å². The Kier molecular flexibility index (Phi) is 3.79. The predicted molar refractivity (Wildman–Crippen MR) is 67.5 cm³/mol. The standard InChI is InChI=1S/C12H14BrFN2O/c1-2-16(11-6-15-7-11)12(17)8-3-9(13)5-10(14)4-8/h3-5,11,15H,2,6-7H2,1H3. The van der Waals surface area contributed by atoms with Crippen molar-refractivity contribution in [3.05, 3.63) is 34.1 Å². The van der Waals surface area contributed by atoms with Crippen molar-refractivity contribution in [3.8, 4) is 0 Å². The van der Waals surface area contributed by atoms with Gasteiger partial charge in [0, 0.05) is 29.7 Å². The number of benzene rings is 1.